The van der Waals surface area contributed by atoms with E-state index in [1.807, 2.05) is 6.92 Å². The van der Waals surface area contributed by atoms with E-state index in [1.165, 1.54) is 6.21 Å². The summed E-state index contributed by atoms with van der Waals surface area (Å²) in [7, 11) is 0. The standard InChI is InChI=1S/C6H13NO/c1-3-6(2)8-5-4-7/h4,6-7H,3,5H2,1-2H3. The summed E-state index contributed by atoms with van der Waals surface area (Å²) in [5.41, 5.74) is 0. The second-order valence-corrected chi connectivity index (χ2v) is 1.76. The third kappa shape index (κ3) is 3.81. The lowest BCUT2D eigenvalue weighted by molar-refractivity contribution is 0.0949. The predicted octanol–water partition coefficient (Wildman–Crippen LogP) is 1.45. The Balaban J connectivity index is 2.97. The molecule has 0 heterocycles. The Morgan fingerprint density at radius 3 is 2.75 bits per heavy atom. The molecule has 0 amide bonds. The van der Waals surface area contributed by atoms with Crippen LogP contribution >= 0.6 is 0 Å². The van der Waals surface area contributed by atoms with Crippen LogP contribution in [0.5, 0.6) is 0 Å². The molecule has 0 rings (SSSR count). The van der Waals surface area contributed by atoms with Crippen molar-refractivity contribution < 1.29 is 4.74 Å². The maximum Gasteiger partial charge on any atom is 0.0815 e. The topological polar surface area (TPSA) is 33.1 Å². The second kappa shape index (κ2) is 4.78. The van der Waals surface area contributed by atoms with Crippen LogP contribution in [0.1, 0.15) is 20.3 Å². The summed E-state index contributed by atoms with van der Waals surface area (Å²) in [5, 5.41) is 6.62. The van der Waals surface area contributed by atoms with Gasteiger partial charge in [0, 0.05) is 6.21 Å². The maximum absolute atomic E-state index is 6.62. The number of nitrogens with one attached hydrogen (secondary N) is 1. The average Bonchev–Trinajstić information content (AvgIpc) is 1.83. The Morgan fingerprint density at radius 2 is 2.38 bits per heavy atom. The molecular weight excluding hydrogens is 102 g/mol. The van der Waals surface area contributed by atoms with Gasteiger partial charge < -0.3 is 10.1 Å². The van der Waals surface area contributed by atoms with Crippen LogP contribution in [0.15, 0.2) is 0 Å². The van der Waals surface area contributed by atoms with E-state index in [9.17, 15) is 0 Å². The lowest BCUT2D eigenvalue weighted by Gasteiger charge is -2.05. The second-order valence-electron chi connectivity index (χ2n) is 1.76. The van der Waals surface area contributed by atoms with E-state index in [0.717, 1.165) is 6.42 Å². The Labute approximate surface area is 50.4 Å². The van der Waals surface area contributed by atoms with Gasteiger partial charge in [0.1, 0.15) is 0 Å². The van der Waals surface area contributed by atoms with Crippen molar-refractivity contribution in [1.29, 1.82) is 5.41 Å². The summed E-state index contributed by atoms with van der Waals surface area (Å²) in [6.07, 6.45) is 2.59. The van der Waals surface area contributed by atoms with Crippen LogP contribution in [0.3, 0.4) is 0 Å². The smallest absolute Gasteiger partial charge is 0.0815 e. The molecule has 0 spiro atoms. The van der Waals surface area contributed by atoms with Gasteiger partial charge in [0.15, 0.2) is 0 Å². The molecule has 1 N–H and O–H groups in total. The SMILES string of the molecule is CCC(C)OCC=N. The Morgan fingerprint density at radius 1 is 1.75 bits per heavy atom. The van der Waals surface area contributed by atoms with E-state index in [0.29, 0.717) is 12.7 Å². The summed E-state index contributed by atoms with van der Waals surface area (Å²) in [4.78, 5) is 0. The lowest BCUT2D eigenvalue weighted by Crippen LogP contribution is -2.07. The van der Waals surface area contributed by atoms with E-state index in [-0.39, 0.29) is 0 Å². The van der Waals surface area contributed by atoms with E-state index in [1.54, 1.807) is 0 Å². The molecule has 1 unspecified atom stereocenters. The molecule has 0 aromatic carbocycles. The maximum atomic E-state index is 6.62. The van der Waals surface area contributed by atoms with E-state index < -0.39 is 0 Å². The van der Waals surface area contributed by atoms with Crippen LogP contribution in [0.25, 0.3) is 0 Å². The van der Waals surface area contributed by atoms with Crippen LogP contribution in [-0.2, 0) is 4.74 Å². The first-order valence-corrected chi connectivity index (χ1v) is 2.91. The van der Waals surface area contributed by atoms with Gasteiger partial charge in [0.25, 0.3) is 0 Å². The molecule has 0 bridgehead atoms. The molecule has 0 aliphatic heterocycles. The first-order chi connectivity index (χ1) is 3.81. The highest BCUT2D eigenvalue weighted by Crippen LogP contribution is 1.92. The fourth-order valence-electron chi connectivity index (χ4n) is 0.330. The van der Waals surface area contributed by atoms with Crippen LogP contribution < -0.4 is 0 Å². The fourth-order valence-corrected chi connectivity index (χ4v) is 0.330. The zero-order chi connectivity index (χ0) is 6.41. The monoisotopic (exact) mass is 115 g/mol. The molecule has 0 radical (unpaired) electrons. The fraction of sp³-hybridized carbons (Fsp3) is 0.833. The van der Waals surface area contributed by atoms with Gasteiger partial charge in [0.05, 0.1) is 12.7 Å². The van der Waals surface area contributed by atoms with Crippen molar-refractivity contribution in [3.8, 4) is 0 Å². The zero-order valence-electron chi connectivity index (χ0n) is 5.48. The quantitative estimate of drug-likeness (QED) is 0.553. The number of hydrogen-bond donors (Lipinski definition) is 1. The van der Waals surface area contributed by atoms with E-state index in [2.05, 4.69) is 6.92 Å². The van der Waals surface area contributed by atoms with Crippen LogP contribution in [0.2, 0.25) is 0 Å². The molecule has 0 saturated heterocycles. The van der Waals surface area contributed by atoms with Crippen LogP contribution in [0, 0.1) is 5.41 Å². The van der Waals surface area contributed by atoms with Gasteiger partial charge in [-0.1, -0.05) is 6.92 Å². The normalized spacial score (nSPS) is 13.2. The molecule has 0 saturated carbocycles. The molecule has 0 aromatic heterocycles. The van der Waals surface area contributed by atoms with Gasteiger partial charge in [0.2, 0.25) is 0 Å². The molecule has 1 atom stereocenters. The van der Waals surface area contributed by atoms with Gasteiger partial charge in [-0.25, -0.2) is 0 Å². The summed E-state index contributed by atoms with van der Waals surface area (Å²) >= 11 is 0. The van der Waals surface area contributed by atoms with Gasteiger partial charge in [-0.3, -0.25) is 0 Å². The minimum atomic E-state index is 0.302. The molecule has 2 heteroatoms. The highest BCUT2D eigenvalue weighted by atomic mass is 16.5. The highest BCUT2D eigenvalue weighted by molar-refractivity contribution is 5.54. The molecular formula is C6H13NO. The van der Waals surface area contributed by atoms with Crippen LogP contribution in [-0.4, -0.2) is 18.9 Å². The van der Waals surface area contributed by atoms with E-state index in [4.69, 9.17) is 10.1 Å². The molecule has 2 nitrogen and oxygen atoms in total. The Bertz CT molecular complexity index is 63.5. The van der Waals surface area contributed by atoms with Crippen LogP contribution in [0.4, 0.5) is 0 Å². The van der Waals surface area contributed by atoms with Crippen molar-refractivity contribution in [2.75, 3.05) is 6.61 Å². The predicted molar refractivity (Wildman–Crippen MR) is 34.5 cm³/mol. The van der Waals surface area contributed by atoms with Crippen molar-refractivity contribution in [3.05, 3.63) is 0 Å². The summed E-state index contributed by atoms with van der Waals surface area (Å²) in [6, 6.07) is 0. The first kappa shape index (κ1) is 7.63. The summed E-state index contributed by atoms with van der Waals surface area (Å²) < 4.78 is 5.10. The van der Waals surface area contributed by atoms with Gasteiger partial charge in [-0.15, -0.1) is 0 Å². The Kier molecular flexibility index (Phi) is 4.56. The molecule has 0 aliphatic rings. The summed E-state index contributed by atoms with van der Waals surface area (Å²) in [5.74, 6) is 0. The van der Waals surface area contributed by atoms with Crippen molar-refractivity contribution in [2.45, 2.75) is 26.4 Å². The third-order valence-electron chi connectivity index (χ3n) is 1.04. The van der Waals surface area contributed by atoms with Gasteiger partial charge >= 0.3 is 0 Å². The van der Waals surface area contributed by atoms with Gasteiger partial charge in [-0.05, 0) is 13.3 Å². The molecule has 48 valence electrons. The van der Waals surface area contributed by atoms with E-state index >= 15 is 0 Å². The number of ether oxygens (including phenoxy) is 1. The number of hydrogen-bond acceptors (Lipinski definition) is 2. The minimum Gasteiger partial charge on any atom is -0.373 e. The number of rotatable bonds is 4. The van der Waals surface area contributed by atoms with Crippen molar-refractivity contribution >= 4 is 6.21 Å². The van der Waals surface area contributed by atoms with Crippen molar-refractivity contribution in [3.63, 3.8) is 0 Å². The van der Waals surface area contributed by atoms with Gasteiger partial charge in [-0.2, -0.15) is 0 Å². The lowest BCUT2D eigenvalue weighted by atomic mass is 10.3. The first-order valence-electron chi connectivity index (χ1n) is 2.91. The molecule has 8 heavy (non-hydrogen) atoms. The summed E-state index contributed by atoms with van der Waals surface area (Å²) in [6.45, 7) is 4.52. The molecule has 0 aliphatic carbocycles. The molecule has 0 aromatic rings. The minimum absolute atomic E-state index is 0.302. The molecule has 0 fully saturated rings. The van der Waals surface area contributed by atoms with Crippen molar-refractivity contribution in [1.82, 2.24) is 0 Å². The zero-order valence-corrected chi connectivity index (χ0v) is 5.48. The Hall–Kier alpha value is -0.370. The average molecular weight is 115 g/mol. The highest BCUT2D eigenvalue weighted by Gasteiger charge is 1.93. The van der Waals surface area contributed by atoms with Crippen molar-refractivity contribution in [2.24, 2.45) is 0 Å². The third-order valence-corrected chi connectivity index (χ3v) is 1.04. The largest absolute Gasteiger partial charge is 0.373 e.